The minimum Gasteiger partial charge on any atom is -0.497 e. The van der Waals surface area contributed by atoms with E-state index in [2.05, 4.69) is 34.8 Å². The van der Waals surface area contributed by atoms with Gasteiger partial charge >= 0.3 is 0 Å². The largest absolute Gasteiger partial charge is 0.497 e. The van der Waals surface area contributed by atoms with E-state index in [1.165, 1.54) is 44.0 Å². The molecule has 5 aromatic carbocycles. The molecule has 1 N–H and O–H groups in total. The Balaban J connectivity index is 1.25. The number of carbonyl (C=O) groups excluding carboxylic acids is 1. The van der Waals surface area contributed by atoms with Gasteiger partial charge in [0.05, 0.1) is 31.0 Å². The van der Waals surface area contributed by atoms with Gasteiger partial charge < -0.3 is 14.2 Å². The minimum absolute atomic E-state index is 0.0177. The Hall–Kier alpha value is -5.35. The van der Waals surface area contributed by atoms with E-state index in [1.807, 2.05) is 30.3 Å². The molecular formula is C34H31N3O6S. The van der Waals surface area contributed by atoms with Gasteiger partial charge in [-0.15, -0.1) is 0 Å². The number of rotatable bonds is 12. The van der Waals surface area contributed by atoms with Gasteiger partial charge in [-0.2, -0.15) is 5.10 Å². The molecule has 0 aliphatic heterocycles. The highest BCUT2D eigenvalue weighted by Crippen LogP contribution is 2.35. The molecule has 0 bridgehead atoms. The number of fused-ring (bicyclic) bond motifs is 1. The normalized spacial score (nSPS) is 11.3. The molecule has 0 heterocycles. The highest BCUT2D eigenvalue weighted by Gasteiger charge is 2.29. The molecular weight excluding hydrogens is 578 g/mol. The summed E-state index contributed by atoms with van der Waals surface area (Å²) >= 11 is 0. The molecule has 0 unspecified atom stereocenters. The number of anilines is 1. The third-order valence-corrected chi connectivity index (χ3v) is 8.55. The number of nitrogens with zero attached hydrogens (tertiary/aromatic N) is 2. The number of hydrogen-bond donors (Lipinski definition) is 1. The number of methoxy groups -OCH3 is 2. The van der Waals surface area contributed by atoms with Crippen molar-refractivity contribution in [3.05, 3.63) is 126 Å². The van der Waals surface area contributed by atoms with Crippen molar-refractivity contribution < 1.29 is 27.4 Å². The van der Waals surface area contributed by atoms with E-state index in [0.29, 0.717) is 23.7 Å². The van der Waals surface area contributed by atoms with E-state index in [1.54, 1.807) is 42.5 Å². The Kier molecular flexibility index (Phi) is 9.41. The molecule has 0 saturated heterocycles. The fourth-order valence-corrected chi connectivity index (χ4v) is 5.95. The SMILES string of the molecule is COc1ccc(OC)c(N(CC(=O)N/N=C\c2ccc(OCc3ccc4ccccc4c3)cc2)S(=O)(=O)c2ccccc2)c1. The topological polar surface area (TPSA) is 107 Å². The number of carbonyl (C=O) groups is 1. The number of nitrogens with one attached hydrogen (secondary N) is 1. The van der Waals surface area contributed by atoms with E-state index >= 15 is 0 Å². The van der Waals surface area contributed by atoms with Gasteiger partial charge in [-0.25, -0.2) is 13.8 Å². The zero-order valence-electron chi connectivity index (χ0n) is 24.2. The van der Waals surface area contributed by atoms with Crippen molar-refractivity contribution in [2.45, 2.75) is 11.5 Å². The molecule has 0 aliphatic rings. The second-order valence-corrected chi connectivity index (χ2v) is 11.6. The molecule has 44 heavy (non-hydrogen) atoms. The molecule has 0 atom stereocenters. The van der Waals surface area contributed by atoms with Crippen LogP contribution in [0.5, 0.6) is 17.2 Å². The predicted octanol–water partition coefficient (Wildman–Crippen LogP) is 5.78. The van der Waals surface area contributed by atoms with E-state index in [4.69, 9.17) is 14.2 Å². The Morgan fingerprint density at radius 3 is 2.23 bits per heavy atom. The summed E-state index contributed by atoms with van der Waals surface area (Å²) in [6.07, 6.45) is 1.47. The Morgan fingerprint density at radius 2 is 1.50 bits per heavy atom. The predicted molar refractivity (Wildman–Crippen MR) is 171 cm³/mol. The van der Waals surface area contributed by atoms with Crippen molar-refractivity contribution in [2.24, 2.45) is 5.10 Å². The average molecular weight is 610 g/mol. The van der Waals surface area contributed by atoms with Gasteiger partial charge in [0.1, 0.15) is 30.4 Å². The lowest BCUT2D eigenvalue weighted by Gasteiger charge is -2.25. The van der Waals surface area contributed by atoms with E-state index in [-0.39, 0.29) is 16.3 Å². The summed E-state index contributed by atoms with van der Waals surface area (Å²) in [6, 6.07) is 34.2. The smallest absolute Gasteiger partial charge is 0.264 e. The van der Waals surface area contributed by atoms with Crippen molar-refractivity contribution in [3.8, 4) is 17.2 Å². The number of benzene rings is 5. The van der Waals surface area contributed by atoms with E-state index in [9.17, 15) is 13.2 Å². The van der Waals surface area contributed by atoms with Gasteiger partial charge in [-0.3, -0.25) is 9.10 Å². The number of sulfonamides is 1. The van der Waals surface area contributed by atoms with Crippen molar-refractivity contribution in [2.75, 3.05) is 25.1 Å². The lowest BCUT2D eigenvalue weighted by atomic mass is 10.1. The zero-order valence-corrected chi connectivity index (χ0v) is 25.0. The summed E-state index contributed by atoms with van der Waals surface area (Å²) in [7, 11) is -1.27. The molecule has 0 fully saturated rings. The fraction of sp³-hybridized carbons (Fsp3) is 0.118. The number of ether oxygens (including phenoxy) is 3. The van der Waals surface area contributed by atoms with Crippen LogP contribution in [0.2, 0.25) is 0 Å². The quantitative estimate of drug-likeness (QED) is 0.142. The van der Waals surface area contributed by atoms with Crippen LogP contribution in [0.25, 0.3) is 10.8 Å². The van der Waals surface area contributed by atoms with Crippen LogP contribution in [0.4, 0.5) is 5.69 Å². The summed E-state index contributed by atoms with van der Waals surface area (Å²) in [5.74, 6) is 0.691. The van der Waals surface area contributed by atoms with Gasteiger partial charge in [0.2, 0.25) is 0 Å². The van der Waals surface area contributed by atoms with Gasteiger partial charge in [-0.1, -0.05) is 54.6 Å². The standard InChI is InChI=1S/C34H31N3O6S/c1-41-30-18-19-33(42-2)32(21-30)37(44(39,40)31-10-4-3-5-11-31)23-34(38)36-35-22-25-13-16-29(17-14-25)43-24-26-12-15-27-8-6-7-9-28(27)20-26/h3-22H,23-24H2,1-2H3,(H,36,38)/b35-22-. The third-order valence-electron chi connectivity index (χ3n) is 6.78. The summed E-state index contributed by atoms with van der Waals surface area (Å²) in [5.41, 5.74) is 4.34. The Bertz CT molecular complexity index is 1880. The monoisotopic (exact) mass is 609 g/mol. The maximum Gasteiger partial charge on any atom is 0.264 e. The lowest BCUT2D eigenvalue weighted by molar-refractivity contribution is -0.119. The van der Waals surface area contributed by atoms with Crippen molar-refractivity contribution >= 4 is 38.6 Å². The summed E-state index contributed by atoms with van der Waals surface area (Å²) in [6.45, 7) is -0.131. The first-order valence-corrected chi connectivity index (χ1v) is 15.1. The summed E-state index contributed by atoms with van der Waals surface area (Å²) in [4.78, 5) is 13.0. The highest BCUT2D eigenvalue weighted by atomic mass is 32.2. The molecule has 9 nitrogen and oxygen atoms in total. The van der Waals surface area contributed by atoms with Crippen LogP contribution in [0.3, 0.4) is 0 Å². The van der Waals surface area contributed by atoms with Gasteiger partial charge in [-0.05, 0) is 76.5 Å². The second kappa shape index (κ2) is 13.7. The van der Waals surface area contributed by atoms with Crippen LogP contribution in [0.1, 0.15) is 11.1 Å². The average Bonchev–Trinajstić information content (AvgIpc) is 3.06. The molecule has 0 saturated carbocycles. The summed E-state index contributed by atoms with van der Waals surface area (Å²) < 4.78 is 44.9. The van der Waals surface area contributed by atoms with Crippen LogP contribution in [0.15, 0.2) is 125 Å². The lowest BCUT2D eigenvalue weighted by Crippen LogP contribution is -2.39. The Labute approximate surface area is 256 Å². The number of hydrogen-bond acceptors (Lipinski definition) is 7. The van der Waals surface area contributed by atoms with Gasteiger partial charge in [0.15, 0.2) is 0 Å². The van der Waals surface area contributed by atoms with Crippen LogP contribution >= 0.6 is 0 Å². The number of hydrazone groups is 1. The molecule has 224 valence electrons. The van der Waals surface area contributed by atoms with Crippen LogP contribution in [0, 0.1) is 0 Å². The van der Waals surface area contributed by atoms with Crippen LogP contribution in [-0.4, -0.2) is 41.3 Å². The van der Waals surface area contributed by atoms with Crippen LogP contribution < -0.4 is 23.9 Å². The summed E-state index contributed by atoms with van der Waals surface area (Å²) in [5, 5.41) is 6.37. The first-order chi connectivity index (χ1) is 21.4. The van der Waals surface area contributed by atoms with E-state index in [0.717, 1.165) is 15.3 Å². The maximum atomic E-state index is 13.7. The molecule has 0 aromatic heterocycles. The van der Waals surface area contributed by atoms with Crippen LogP contribution in [-0.2, 0) is 21.4 Å². The first-order valence-electron chi connectivity index (χ1n) is 13.7. The van der Waals surface area contributed by atoms with Gasteiger partial charge in [0.25, 0.3) is 15.9 Å². The third kappa shape index (κ3) is 7.16. The fourth-order valence-electron chi connectivity index (χ4n) is 4.50. The van der Waals surface area contributed by atoms with Crippen molar-refractivity contribution in [1.82, 2.24) is 5.43 Å². The first kappa shape index (κ1) is 30.1. The molecule has 5 rings (SSSR count). The zero-order chi connectivity index (χ0) is 30.9. The molecule has 1 amide bonds. The molecule has 5 aromatic rings. The Morgan fingerprint density at radius 1 is 0.795 bits per heavy atom. The van der Waals surface area contributed by atoms with Gasteiger partial charge in [0, 0.05) is 6.07 Å². The van der Waals surface area contributed by atoms with E-state index < -0.39 is 22.5 Å². The molecule has 10 heteroatoms. The molecule has 0 spiro atoms. The molecule has 0 radical (unpaired) electrons. The molecule has 0 aliphatic carbocycles. The highest BCUT2D eigenvalue weighted by molar-refractivity contribution is 7.92. The minimum atomic E-state index is -4.15. The second-order valence-electron chi connectivity index (χ2n) is 9.69. The van der Waals surface area contributed by atoms with Crippen molar-refractivity contribution in [1.29, 1.82) is 0 Å². The maximum absolute atomic E-state index is 13.7. The van der Waals surface area contributed by atoms with Crippen molar-refractivity contribution in [3.63, 3.8) is 0 Å². The number of amides is 1.